The lowest BCUT2D eigenvalue weighted by atomic mass is 10.3. The first-order chi connectivity index (χ1) is 11.4. The number of nitro groups is 1. The number of nitrogens with zero attached hydrogens (tertiary/aromatic N) is 3. The zero-order valence-electron chi connectivity index (χ0n) is 13.7. The van der Waals surface area contributed by atoms with Gasteiger partial charge in [-0.15, -0.1) is 11.3 Å². The van der Waals surface area contributed by atoms with Crippen molar-refractivity contribution < 1.29 is 4.92 Å². The summed E-state index contributed by atoms with van der Waals surface area (Å²) in [5.41, 5.74) is 0.0189. The van der Waals surface area contributed by atoms with Crippen LogP contribution in [0.1, 0.15) is 10.4 Å². The number of nitrogens with one attached hydrogen (secondary N) is 2. The third kappa shape index (κ3) is 4.71. The minimum atomic E-state index is -0.754. The van der Waals surface area contributed by atoms with Gasteiger partial charge in [0.25, 0.3) is 0 Å². The summed E-state index contributed by atoms with van der Waals surface area (Å²) in [5.74, 6) is 1.99. The van der Waals surface area contributed by atoms with Crippen LogP contribution in [0.3, 0.4) is 0 Å². The molecule has 0 aliphatic carbocycles. The number of thioether (sulfide) groups is 1. The van der Waals surface area contributed by atoms with Gasteiger partial charge in [0.1, 0.15) is 6.20 Å². The SMILES string of the molecule is Cc1sc(N(C)C)cc1CSCCNc1ncc([N+](=O)[O-])c(=O)[nH]1. The predicted molar refractivity (Wildman–Crippen MR) is 99.5 cm³/mol. The van der Waals surface area contributed by atoms with Crippen molar-refractivity contribution in [2.45, 2.75) is 12.7 Å². The van der Waals surface area contributed by atoms with E-state index in [1.807, 2.05) is 14.1 Å². The normalized spacial score (nSPS) is 10.6. The molecule has 2 heterocycles. The van der Waals surface area contributed by atoms with Crippen LogP contribution in [-0.2, 0) is 5.75 Å². The molecule has 0 aliphatic heterocycles. The molecule has 130 valence electrons. The van der Waals surface area contributed by atoms with E-state index < -0.39 is 16.2 Å². The monoisotopic (exact) mass is 369 g/mol. The van der Waals surface area contributed by atoms with Crippen LogP contribution in [0.15, 0.2) is 17.1 Å². The molecule has 2 aromatic heterocycles. The average molecular weight is 369 g/mol. The van der Waals surface area contributed by atoms with Gasteiger partial charge in [-0.1, -0.05) is 0 Å². The minimum Gasteiger partial charge on any atom is -0.370 e. The largest absolute Gasteiger partial charge is 0.370 e. The first kappa shape index (κ1) is 18.3. The lowest BCUT2D eigenvalue weighted by Gasteiger charge is -2.07. The van der Waals surface area contributed by atoms with Crippen molar-refractivity contribution in [3.8, 4) is 0 Å². The molecule has 2 aromatic rings. The molecule has 10 heteroatoms. The smallest absolute Gasteiger partial charge is 0.352 e. The lowest BCUT2D eigenvalue weighted by molar-refractivity contribution is -0.386. The molecule has 0 saturated carbocycles. The van der Waals surface area contributed by atoms with E-state index in [0.29, 0.717) is 6.54 Å². The zero-order chi connectivity index (χ0) is 17.7. The predicted octanol–water partition coefficient (Wildman–Crippen LogP) is 2.46. The van der Waals surface area contributed by atoms with E-state index in [-0.39, 0.29) is 5.95 Å². The van der Waals surface area contributed by atoms with Crippen LogP contribution < -0.4 is 15.8 Å². The molecule has 0 spiro atoms. The van der Waals surface area contributed by atoms with E-state index in [1.165, 1.54) is 15.4 Å². The number of aromatic nitrogens is 2. The van der Waals surface area contributed by atoms with Crippen molar-refractivity contribution in [1.29, 1.82) is 0 Å². The summed E-state index contributed by atoms with van der Waals surface area (Å²) in [6, 6.07) is 2.20. The Labute approximate surface area is 147 Å². The molecule has 8 nitrogen and oxygen atoms in total. The number of aryl methyl sites for hydroxylation is 1. The summed E-state index contributed by atoms with van der Waals surface area (Å²) in [4.78, 5) is 30.9. The number of hydrogen-bond acceptors (Lipinski definition) is 8. The Balaban J connectivity index is 1.78. The Bertz CT molecular complexity index is 772. The molecule has 2 rings (SSSR count). The first-order valence-corrected chi connectivity index (χ1v) is 9.17. The Hall–Kier alpha value is -2.07. The van der Waals surface area contributed by atoms with Crippen LogP contribution in [0, 0.1) is 17.0 Å². The van der Waals surface area contributed by atoms with Gasteiger partial charge in [0.05, 0.1) is 9.92 Å². The highest BCUT2D eigenvalue weighted by molar-refractivity contribution is 7.98. The maximum Gasteiger partial charge on any atom is 0.352 e. The van der Waals surface area contributed by atoms with Gasteiger partial charge in [0.15, 0.2) is 0 Å². The van der Waals surface area contributed by atoms with Gasteiger partial charge in [-0.2, -0.15) is 11.8 Å². The number of anilines is 2. The fraction of sp³-hybridized carbons (Fsp3) is 0.429. The van der Waals surface area contributed by atoms with E-state index in [0.717, 1.165) is 17.7 Å². The Morgan fingerprint density at radius 2 is 2.25 bits per heavy atom. The summed E-state index contributed by atoms with van der Waals surface area (Å²) < 4.78 is 0. The van der Waals surface area contributed by atoms with Crippen LogP contribution in [0.2, 0.25) is 0 Å². The van der Waals surface area contributed by atoms with Crippen LogP contribution in [-0.4, -0.2) is 41.3 Å². The fourth-order valence-electron chi connectivity index (χ4n) is 1.90. The van der Waals surface area contributed by atoms with Gasteiger partial charge in [0.2, 0.25) is 5.95 Å². The van der Waals surface area contributed by atoms with Crippen LogP contribution >= 0.6 is 23.1 Å². The van der Waals surface area contributed by atoms with Crippen molar-refractivity contribution in [2.75, 3.05) is 36.6 Å². The van der Waals surface area contributed by atoms with Crippen molar-refractivity contribution in [3.63, 3.8) is 0 Å². The molecule has 24 heavy (non-hydrogen) atoms. The van der Waals surface area contributed by atoms with Crippen molar-refractivity contribution in [3.05, 3.63) is 43.2 Å². The fourth-order valence-corrected chi connectivity index (χ4v) is 3.86. The van der Waals surface area contributed by atoms with Gasteiger partial charge in [-0.3, -0.25) is 19.9 Å². The molecule has 0 aliphatic rings. The number of rotatable bonds is 8. The van der Waals surface area contributed by atoms with Gasteiger partial charge in [-0.25, -0.2) is 4.98 Å². The van der Waals surface area contributed by atoms with Crippen molar-refractivity contribution in [2.24, 2.45) is 0 Å². The number of thiophene rings is 1. The van der Waals surface area contributed by atoms with Gasteiger partial charge >= 0.3 is 11.2 Å². The van der Waals surface area contributed by atoms with Crippen LogP contribution in [0.4, 0.5) is 16.6 Å². The molecular weight excluding hydrogens is 350 g/mol. The highest BCUT2D eigenvalue weighted by Gasteiger charge is 2.12. The standard InChI is InChI=1S/C14H19N5O3S2/c1-9-10(6-12(24-9)18(2)3)8-23-5-4-15-14-16-7-11(19(21)22)13(20)17-14/h6-7H,4-5,8H2,1-3H3,(H2,15,16,17,20). The minimum absolute atomic E-state index is 0.243. The van der Waals surface area contributed by atoms with E-state index >= 15 is 0 Å². The molecule has 0 radical (unpaired) electrons. The molecule has 0 saturated heterocycles. The number of hydrogen-bond donors (Lipinski definition) is 2. The lowest BCUT2D eigenvalue weighted by Crippen LogP contribution is -2.16. The van der Waals surface area contributed by atoms with E-state index in [9.17, 15) is 14.9 Å². The molecule has 0 amide bonds. The quantitative estimate of drug-likeness (QED) is 0.418. The van der Waals surface area contributed by atoms with Crippen LogP contribution in [0.25, 0.3) is 0 Å². The molecule has 0 unspecified atom stereocenters. The summed E-state index contributed by atoms with van der Waals surface area (Å²) in [6.07, 6.45) is 0.964. The molecule has 2 N–H and O–H groups in total. The summed E-state index contributed by atoms with van der Waals surface area (Å²) in [5, 5.41) is 14.8. The zero-order valence-corrected chi connectivity index (χ0v) is 15.3. The third-order valence-corrected chi connectivity index (χ3v) is 5.49. The molecule has 0 fully saturated rings. The molecular formula is C14H19N5O3S2. The average Bonchev–Trinajstić information content (AvgIpc) is 2.88. The Kier molecular flexibility index (Phi) is 6.21. The highest BCUT2D eigenvalue weighted by atomic mass is 32.2. The Morgan fingerprint density at radius 1 is 1.50 bits per heavy atom. The van der Waals surface area contributed by atoms with Crippen molar-refractivity contribution >= 4 is 39.7 Å². The van der Waals surface area contributed by atoms with E-state index in [4.69, 9.17) is 0 Å². The molecule has 0 atom stereocenters. The summed E-state index contributed by atoms with van der Waals surface area (Å²) >= 11 is 3.56. The third-order valence-electron chi connectivity index (χ3n) is 3.22. The van der Waals surface area contributed by atoms with E-state index in [1.54, 1.807) is 23.1 Å². The Morgan fingerprint density at radius 3 is 2.83 bits per heavy atom. The topological polar surface area (TPSA) is 104 Å². The van der Waals surface area contributed by atoms with E-state index in [2.05, 4.69) is 33.2 Å². The summed E-state index contributed by atoms with van der Waals surface area (Å²) in [7, 11) is 4.06. The van der Waals surface area contributed by atoms with Crippen LogP contribution in [0.5, 0.6) is 0 Å². The summed E-state index contributed by atoms with van der Waals surface area (Å²) in [6.45, 7) is 2.73. The van der Waals surface area contributed by atoms with Crippen molar-refractivity contribution in [1.82, 2.24) is 9.97 Å². The van der Waals surface area contributed by atoms with Gasteiger partial charge in [-0.05, 0) is 18.6 Å². The van der Waals surface area contributed by atoms with Gasteiger partial charge in [0, 0.05) is 37.0 Å². The second-order valence-electron chi connectivity index (χ2n) is 5.24. The second kappa shape index (κ2) is 8.15. The first-order valence-electron chi connectivity index (χ1n) is 7.20. The maximum absolute atomic E-state index is 11.5. The number of H-pyrrole nitrogens is 1. The van der Waals surface area contributed by atoms with Gasteiger partial charge < -0.3 is 10.2 Å². The highest BCUT2D eigenvalue weighted by Crippen LogP contribution is 2.30. The molecule has 0 bridgehead atoms. The second-order valence-corrected chi connectivity index (χ2v) is 7.58. The molecule has 0 aromatic carbocycles. The maximum atomic E-state index is 11.5. The number of aromatic amines is 1.